The van der Waals surface area contributed by atoms with E-state index in [2.05, 4.69) is 43.5 Å². The van der Waals surface area contributed by atoms with Crippen molar-refractivity contribution in [3.63, 3.8) is 0 Å². The van der Waals surface area contributed by atoms with Gasteiger partial charge in [0.15, 0.2) is 0 Å². The van der Waals surface area contributed by atoms with Gasteiger partial charge in [0.1, 0.15) is 6.04 Å². The maximum atomic E-state index is 11.9. The quantitative estimate of drug-likeness (QED) is 0.792. The molecular weight excluding hydrogens is 236 g/mol. The van der Waals surface area contributed by atoms with Crippen LogP contribution < -0.4 is 10.6 Å². The lowest BCUT2D eigenvalue weighted by molar-refractivity contribution is -0.121. The molecular formula is C16H26N2O. The molecule has 0 spiro atoms. The van der Waals surface area contributed by atoms with Crippen molar-refractivity contribution in [2.75, 3.05) is 11.9 Å². The highest BCUT2D eigenvalue weighted by Crippen LogP contribution is 2.11. The van der Waals surface area contributed by atoms with Crippen LogP contribution >= 0.6 is 0 Å². The van der Waals surface area contributed by atoms with E-state index in [1.807, 2.05) is 19.1 Å². The topological polar surface area (TPSA) is 41.1 Å². The van der Waals surface area contributed by atoms with Crippen LogP contribution in [0.3, 0.4) is 0 Å². The maximum Gasteiger partial charge on any atom is 0.242 e. The number of amides is 1. The van der Waals surface area contributed by atoms with Crippen molar-refractivity contribution in [3.05, 3.63) is 29.8 Å². The van der Waals surface area contributed by atoms with Crippen LogP contribution in [0.5, 0.6) is 0 Å². The molecule has 0 aliphatic rings. The molecule has 0 saturated carbocycles. The molecule has 0 aliphatic carbocycles. The summed E-state index contributed by atoms with van der Waals surface area (Å²) in [5.74, 6) is 0.672. The molecule has 0 saturated heterocycles. The van der Waals surface area contributed by atoms with Crippen molar-refractivity contribution in [2.45, 2.75) is 46.6 Å². The Labute approximate surface area is 116 Å². The lowest BCUT2D eigenvalue weighted by Crippen LogP contribution is -2.38. The molecule has 1 amide bonds. The third-order valence-electron chi connectivity index (χ3n) is 3.16. The minimum atomic E-state index is -0.209. The smallest absolute Gasteiger partial charge is 0.242 e. The van der Waals surface area contributed by atoms with Crippen molar-refractivity contribution in [1.82, 2.24) is 5.32 Å². The van der Waals surface area contributed by atoms with E-state index >= 15 is 0 Å². The van der Waals surface area contributed by atoms with Crippen LogP contribution in [0.1, 0.15) is 39.7 Å². The molecule has 2 N–H and O–H groups in total. The Kier molecular flexibility index (Phi) is 6.40. The molecule has 0 fully saturated rings. The number of carbonyl (C=O) groups excluding carboxylic acids is 1. The fourth-order valence-electron chi connectivity index (χ4n) is 1.79. The average Bonchev–Trinajstić information content (AvgIpc) is 2.39. The minimum absolute atomic E-state index is 0.0558. The highest BCUT2D eigenvalue weighted by molar-refractivity contribution is 5.84. The van der Waals surface area contributed by atoms with Crippen LogP contribution in [0.15, 0.2) is 24.3 Å². The molecule has 0 aliphatic heterocycles. The first-order valence-corrected chi connectivity index (χ1v) is 7.16. The monoisotopic (exact) mass is 262 g/mol. The van der Waals surface area contributed by atoms with Crippen molar-refractivity contribution < 1.29 is 4.79 Å². The summed E-state index contributed by atoms with van der Waals surface area (Å²) in [7, 11) is 0. The van der Waals surface area contributed by atoms with Gasteiger partial charge >= 0.3 is 0 Å². The number of anilines is 1. The number of benzene rings is 1. The van der Waals surface area contributed by atoms with Gasteiger partial charge < -0.3 is 10.6 Å². The van der Waals surface area contributed by atoms with Gasteiger partial charge in [0, 0.05) is 12.2 Å². The van der Waals surface area contributed by atoms with E-state index in [9.17, 15) is 4.79 Å². The van der Waals surface area contributed by atoms with Crippen LogP contribution in [0.4, 0.5) is 5.69 Å². The molecule has 0 radical (unpaired) electrons. The fraction of sp³-hybridized carbons (Fsp3) is 0.562. The van der Waals surface area contributed by atoms with Crippen molar-refractivity contribution in [1.29, 1.82) is 0 Å². The molecule has 1 aromatic rings. The molecule has 1 rings (SSSR count). The molecule has 1 aromatic carbocycles. The Morgan fingerprint density at radius 2 is 1.79 bits per heavy atom. The first-order chi connectivity index (χ1) is 9.02. The van der Waals surface area contributed by atoms with E-state index in [4.69, 9.17) is 0 Å². The number of aryl methyl sites for hydroxylation is 1. The van der Waals surface area contributed by atoms with Crippen LogP contribution in [0.25, 0.3) is 0 Å². The predicted octanol–water partition coefficient (Wildman–Crippen LogP) is 3.21. The Bertz CT molecular complexity index is 384. The van der Waals surface area contributed by atoms with Gasteiger partial charge in [-0.25, -0.2) is 0 Å². The van der Waals surface area contributed by atoms with E-state index in [1.54, 1.807) is 0 Å². The van der Waals surface area contributed by atoms with Crippen LogP contribution in [-0.2, 0) is 11.2 Å². The zero-order valence-electron chi connectivity index (χ0n) is 12.5. The first-order valence-electron chi connectivity index (χ1n) is 7.16. The second-order valence-electron chi connectivity index (χ2n) is 5.39. The zero-order chi connectivity index (χ0) is 14.3. The summed E-state index contributed by atoms with van der Waals surface area (Å²) in [6.07, 6.45) is 2.05. The Morgan fingerprint density at radius 1 is 1.16 bits per heavy atom. The van der Waals surface area contributed by atoms with Crippen molar-refractivity contribution in [3.8, 4) is 0 Å². The number of hydrogen-bond donors (Lipinski definition) is 2. The summed E-state index contributed by atoms with van der Waals surface area (Å²) in [5, 5.41) is 6.17. The molecule has 0 bridgehead atoms. The van der Waals surface area contributed by atoms with Crippen molar-refractivity contribution in [2.24, 2.45) is 5.92 Å². The summed E-state index contributed by atoms with van der Waals surface area (Å²) in [6.45, 7) is 9.08. The molecule has 0 aromatic heterocycles. The Morgan fingerprint density at radius 3 is 2.32 bits per heavy atom. The lowest BCUT2D eigenvalue weighted by atomic mass is 10.1. The van der Waals surface area contributed by atoms with Gasteiger partial charge in [-0.3, -0.25) is 4.79 Å². The summed E-state index contributed by atoms with van der Waals surface area (Å²) in [5.41, 5.74) is 2.29. The van der Waals surface area contributed by atoms with E-state index in [0.29, 0.717) is 5.92 Å². The average molecular weight is 262 g/mol. The standard InChI is InChI=1S/C16H26N2O/c1-5-14-6-8-15(9-7-14)18-13(4)16(19)17-11-10-12(2)3/h6-9,12-13,18H,5,10-11H2,1-4H3,(H,17,19). The second kappa shape index (κ2) is 7.82. The maximum absolute atomic E-state index is 11.9. The first kappa shape index (κ1) is 15.5. The van der Waals surface area contributed by atoms with Gasteiger partial charge in [-0.05, 0) is 43.4 Å². The third kappa shape index (κ3) is 5.77. The summed E-state index contributed by atoms with van der Waals surface area (Å²) in [6, 6.07) is 8.02. The van der Waals surface area contributed by atoms with E-state index in [0.717, 1.165) is 25.1 Å². The number of hydrogen-bond acceptors (Lipinski definition) is 2. The van der Waals surface area contributed by atoms with Gasteiger partial charge in [-0.1, -0.05) is 32.9 Å². The molecule has 3 nitrogen and oxygen atoms in total. The highest BCUT2D eigenvalue weighted by atomic mass is 16.2. The fourth-order valence-corrected chi connectivity index (χ4v) is 1.79. The number of nitrogens with one attached hydrogen (secondary N) is 2. The summed E-state index contributed by atoms with van der Waals surface area (Å²) in [4.78, 5) is 11.9. The molecule has 19 heavy (non-hydrogen) atoms. The minimum Gasteiger partial charge on any atom is -0.374 e. The Balaban J connectivity index is 2.40. The SMILES string of the molecule is CCc1ccc(NC(C)C(=O)NCCC(C)C)cc1. The van der Waals surface area contributed by atoms with E-state index in [-0.39, 0.29) is 11.9 Å². The van der Waals surface area contributed by atoms with Gasteiger partial charge in [-0.15, -0.1) is 0 Å². The van der Waals surface area contributed by atoms with Gasteiger partial charge in [0.05, 0.1) is 0 Å². The molecule has 3 heteroatoms. The molecule has 1 atom stereocenters. The normalized spacial score (nSPS) is 12.3. The van der Waals surface area contributed by atoms with Gasteiger partial charge in [0.2, 0.25) is 5.91 Å². The summed E-state index contributed by atoms with van der Waals surface area (Å²) >= 11 is 0. The number of carbonyl (C=O) groups is 1. The van der Waals surface area contributed by atoms with E-state index in [1.165, 1.54) is 5.56 Å². The highest BCUT2D eigenvalue weighted by Gasteiger charge is 2.11. The molecule has 0 heterocycles. The predicted molar refractivity (Wildman–Crippen MR) is 81.4 cm³/mol. The van der Waals surface area contributed by atoms with Gasteiger partial charge in [-0.2, -0.15) is 0 Å². The lowest BCUT2D eigenvalue weighted by Gasteiger charge is -2.16. The van der Waals surface area contributed by atoms with Crippen LogP contribution in [0, 0.1) is 5.92 Å². The van der Waals surface area contributed by atoms with Crippen LogP contribution in [-0.4, -0.2) is 18.5 Å². The largest absolute Gasteiger partial charge is 0.374 e. The van der Waals surface area contributed by atoms with Gasteiger partial charge in [0.25, 0.3) is 0 Å². The van der Waals surface area contributed by atoms with Crippen molar-refractivity contribution >= 4 is 11.6 Å². The van der Waals surface area contributed by atoms with E-state index < -0.39 is 0 Å². The zero-order valence-corrected chi connectivity index (χ0v) is 12.5. The second-order valence-corrected chi connectivity index (χ2v) is 5.39. The Hall–Kier alpha value is -1.51. The molecule has 1 unspecified atom stereocenters. The van der Waals surface area contributed by atoms with Crippen LogP contribution in [0.2, 0.25) is 0 Å². The third-order valence-corrected chi connectivity index (χ3v) is 3.16. The summed E-state index contributed by atoms with van der Waals surface area (Å²) < 4.78 is 0. The molecule has 106 valence electrons. The number of rotatable bonds is 7.